The van der Waals surface area contributed by atoms with Crippen molar-refractivity contribution in [2.24, 2.45) is 5.92 Å². The molecule has 1 atom stereocenters. The third-order valence-electron chi connectivity index (χ3n) is 3.53. The van der Waals surface area contributed by atoms with Crippen LogP contribution in [0, 0.1) is 17.2 Å². The minimum Gasteiger partial charge on any atom is -0.383 e. The van der Waals surface area contributed by atoms with Crippen molar-refractivity contribution in [3.05, 3.63) is 24.0 Å². The van der Waals surface area contributed by atoms with Gasteiger partial charge in [0.1, 0.15) is 11.8 Å². The fourth-order valence-electron chi connectivity index (χ4n) is 2.21. The number of pyridine rings is 1. The lowest BCUT2D eigenvalue weighted by atomic mass is 10.1. The van der Waals surface area contributed by atoms with Crippen molar-refractivity contribution in [2.75, 3.05) is 25.2 Å². The molecule has 2 rings (SSSR count). The number of hydrogen-bond donors (Lipinski definition) is 0. The van der Waals surface area contributed by atoms with E-state index in [1.165, 1.54) is 12.8 Å². The third-order valence-corrected chi connectivity index (χ3v) is 3.53. The summed E-state index contributed by atoms with van der Waals surface area (Å²) in [6, 6.07) is 6.30. The molecule has 1 aromatic heterocycles. The van der Waals surface area contributed by atoms with Gasteiger partial charge in [0.15, 0.2) is 0 Å². The smallest absolute Gasteiger partial charge is 0.140 e. The lowest BCUT2D eigenvalue weighted by Gasteiger charge is -2.31. The third kappa shape index (κ3) is 2.99. The van der Waals surface area contributed by atoms with Gasteiger partial charge in [0.05, 0.1) is 18.5 Å². The number of aromatic nitrogens is 1. The van der Waals surface area contributed by atoms with Crippen molar-refractivity contribution in [1.29, 1.82) is 5.26 Å². The van der Waals surface area contributed by atoms with Crippen LogP contribution in [0.25, 0.3) is 0 Å². The van der Waals surface area contributed by atoms with E-state index in [-0.39, 0.29) is 0 Å². The summed E-state index contributed by atoms with van der Waals surface area (Å²) in [5, 5.41) is 8.77. The Hall–Kier alpha value is -1.60. The monoisotopic (exact) mass is 245 g/mol. The Labute approximate surface area is 108 Å². The van der Waals surface area contributed by atoms with Crippen LogP contribution in [0.1, 0.15) is 25.5 Å². The Morgan fingerprint density at radius 3 is 2.83 bits per heavy atom. The van der Waals surface area contributed by atoms with E-state index >= 15 is 0 Å². The first-order valence-electron chi connectivity index (χ1n) is 6.38. The van der Waals surface area contributed by atoms with Crippen LogP contribution in [0.5, 0.6) is 0 Å². The molecular formula is C14H19N3O. The Morgan fingerprint density at radius 1 is 1.56 bits per heavy atom. The number of hydrogen-bond acceptors (Lipinski definition) is 4. The molecule has 96 valence electrons. The molecule has 1 aromatic rings. The van der Waals surface area contributed by atoms with Gasteiger partial charge in [-0.25, -0.2) is 4.98 Å². The summed E-state index contributed by atoms with van der Waals surface area (Å²) in [5.74, 6) is 0.789. The summed E-state index contributed by atoms with van der Waals surface area (Å²) in [5.41, 5.74) is 1.54. The lowest BCUT2D eigenvalue weighted by Crippen LogP contribution is -2.37. The van der Waals surface area contributed by atoms with E-state index in [0.29, 0.717) is 18.3 Å². The molecule has 0 aliphatic heterocycles. The predicted molar refractivity (Wildman–Crippen MR) is 70.4 cm³/mol. The summed E-state index contributed by atoms with van der Waals surface area (Å²) in [7, 11) is 1.72. The number of nitriles is 1. The van der Waals surface area contributed by atoms with Crippen molar-refractivity contribution in [3.8, 4) is 6.07 Å². The maximum Gasteiger partial charge on any atom is 0.140 e. The minimum atomic E-state index is 0.463. The second-order valence-corrected chi connectivity index (χ2v) is 4.78. The average Bonchev–Trinajstić information content (AvgIpc) is 3.24. The van der Waals surface area contributed by atoms with Crippen molar-refractivity contribution in [1.82, 2.24) is 4.98 Å². The van der Waals surface area contributed by atoms with E-state index in [1.807, 2.05) is 12.1 Å². The van der Waals surface area contributed by atoms with Gasteiger partial charge in [-0.1, -0.05) is 0 Å². The molecule has 1 aliphatic rings. The van der Waals surface area contributed by atoms with Crippen LogP contribution in [-0.2, 0) is 4.74 Å². The summed E-state index contributed by atoms with van der Waals surface area (Å²) in [4.78, 5) is 6.47. The van der Waals surface area contributed by atoms with E-state index < -0.39 is 0 Å². The van der Waals surface area contributed by atoms with E-state index in [9.17, 15) is 0 Å². The largest absolute Gasteiger partial charge is 0.383 e. The number of anilines is 1. The minimum absolute atomic E-state index is 0.463. The Kier molecular flexibility index (Phi) is 4.16. The van der Waals surface area contributed by atoms with Crippen molar-refractivity contribution in [2.45, 2.75) is 25.8 Å². The van der Waals surface area contributed by atoms with Crippen LogP contribution in [0.4, 0.5) is 5.69 Å². The average molecular weight is 245 g/mol. The van der Waals surface area contributed by atoms with Gasteiger partial charge in [0, 0.05) is 19.7 Å². The zero-order valence-electron chi connectivity index (χ0n) is 11.0. The van der Waals surface area contributed by atoms with Gasteiger partial charge in [-0.3, -0.25) is 0 Å². The summed E-state index contributed by atoms with van der Waals surface area (Å²) >= 11 is 0. The second kappa shape index (κ2) is 5.83. The quantitative estimate of drug-likeness (QED) is 0.771. The Bertz CT molecular complexity index is 420. The van der Waals surface area contributed by atoms with Gasteiger partial charge in [0.2, 0.25) is 0 Å². The molecule has 0 spiro atoms. The SMILES string of the molecule is COCCN(c1ccc(C#N)nc1)C(C)C1CC1. The second-order valence-electron chi connectivity index (χ2n) is 4.78. The molecule has 4 nitrogen and oxygen atoms in total. The fraction of sp³-hybridized carbons (Fsp3) is 0.571. The molecule has 0 bridgehead atoms. The van der Waals surface area contributed by atoms with Gasteiger partial charge in [-0.15, -0.1) is 0 Å². The van der Waals surface area contributed by atoms with Gasteiger partial charge in [-0.05, 0) is 37.8 Å². The van der Waals surface area contributed by atoms with Crippen molar-refractivity contribution >= 4 is 5.69 Å². The predicted octanol–water partition coefficient (Wildman–Crippen LogP) is 2.20. The van der Waals surface area contributed by atoms with Crippen molar-refractivity contribution in [3.63, 3.8) is 0 Å². The number of nitrogens with zero attached hydrogens (tertiary/aromatic N) is 3. The number of rotatable bonds is 6. The maximum absolute atomic E-state index is 8.77. The molecule has 1 unspecified atom stereocenters. The van der Waals surface area contributed by atoms with E-state index in [2.05, 4.69) is 16.8 Å². The van der Waals surface area contributed by atoms with E-state index in [4.69, 9.17) is 10.00 Å². The summed E-state index contributed by atoms with van der Waals surface area (Å²) in [6.07, 6.45) is 4.41. The molecular weight excluding hydrogens is 226 g/mol. The van der Waals surface area contributed by atoms with Crippen LogP contribution in [0.2, 0.25) is 0 Å². The topological polar surface area (TPSA) is 49.1 Å². The van der Waals surface area contributed by atoms with Crippen LogP contribution in [0.15, 0.2) is 18.3 Å². The number of methoxy groups -OCH3 is 1. The fourth-order valence-corrected chi connectivity index (χ4v) is 2.21. The highest BCUT2D eigenvalue weighted by molar-refractivity contribution is 5.47. The summed E-state index contributed by atoms with van der Waals surface area (Å²) in [6.45, 7) is 3.82. The highest BCUT2D eigenvalue weighted by Crippen LogP contribution is 2.36. The molecule has 1 saturated carbocycles. The molecule has 1 fully saturated rings. The standard InChI is InChI=1S/C14H19N3O/c1-11(12-3-4-12)17(7-8-18-2)14-6-5-13(9-15)16-10-14/h5-6,10-12H,3-4,7-8H2,1-2H3. The van der Waals surface area contributed by atoms with E-state index in [0.717, 1.165) is 18.2 Å². The van der Waals surface area contributed by atoms with Gasteiger partial charge in [0.25, 0.3) is 0 Å². The zero-order chi connectivity index (χ0) is 13.0. The molecule has 18 heavy (non-hydrogen) atoms. The van der Waals surface area contributed by atoms with E-state index in [1.54, 1.807) is 19.4 Å². The van der Waals surface area contributed by atoms with Crippen LogP contribution < -0.4 is 4.90 Å². The molecule has 0 N–H and O–H groups in total. The van der Waals surface area contributed by atoms with Crippen LogP contribution in [-0.4, -0.2) is 31.3 Å². The highest BCUT2D eigenvalue weighted by atomic mass is 16.5. The molecule has 1 aliphatic carbocycles. The number of ether oxygens (including phenoxy) is 1. The molecule has 0 saturated heterocycles. The maximum atomic E-state index is 8.77. The van der Waals surface area contributed by atoms with Crippen molar-refractivity contribution < 1.29 is 4.74 Å². The lowest BCUT2D eigenvalue weighted by molar-refractivity contribution is 0.202. The van der Waals surface area contributed by atoms with Gasteiger partial charge >= 0.3 is 0 Å². The highest BCUT2D eigenvalue weighted by Gasteiger charge is 2.32. The Balaban J connectivity index is 2.12. The van der Waals surface area contributed by atoms with Crippen LogP contribution in [0.3, 0.4) is 0 Å². The Morgan fingerprint density at radius 2 is 2.33 bits per heavy atom. The van der Waals surface area contributed by atoms with Gasteiger partial charge in [-0.2, -0.15) is 5.26 Å². The van der Waals surface area contributed by atoms with Crippen LogP contribution >= 0.6 is 0 Å². The molecule has 1 heterocycles. The first kappa shape index (κ1) is 12.8. The first-order chi connectivity index (χ1) is 8.76. The first-order valence-corrected chi connectivity index (χ1v) is 6.38. The molecule has 0 amide bonds. The molecule has 4 heteroatoms. The summed E-state index contributed by atoms with van der Waals surface area (Å²) < 4.78 is 5.17. The molecule has 0 aromatic carbocycles. The normalized spacial score (nSPS) is 16.1. The molecule has 0 radical (unpaired) electrons. The van der Waals surface area contributed by atoms with Gasteiger partial charge < -0.3 is 9.64 Å². The zero-order valence-corrected chi connectivity index (χ0v) is 11.0.